The van der Waals surface area contributed by atoms with E-state index in [4.69, 9.17) is 4.74 Å². The molecular formula is C16H27N3O2. The Kier molecular flexibility index (Phi) is 7.15. The van der Waals surface area contributed by atoms with E-state index in [9.17, 15) is 4.79 Å². The number of amides is 1. The monoisotopic (exact) mass is 293 g/mol. The Morgan fingerprint density at radius 2 is 2.19 bits per heavy atom. The van der Waals surface area contributed by atoms with Crippen molar-refractivity contribution >= 4 is 11.6 Å². The Morgan fingerprint density at radius 3 is 2.76 bits per heavy atom. The molecule has 0 bridgehead atoms. The van der Waals surface area contributed by atoms with Crippen molar-refractivity contribution in [3.8, 4) is 0 Å². The van der Waals surface area contributed by atoms with Gasteiger partial charge in [0.2, 0.25) is 0 Å². The standard InChI is InChI=1S/C16H27N3O2/c1-6-17-15-9-13(4)18-10-14(15)16(20)19(7-8-21-5)11-12(2)3/h9-10,12H,6-8,11H2,1-5H3,(H,17,18). The van der Waals surface area contributed by atoms with Crippen molar-refractivity contribution in [1.29, 1.82) is 0 Å². The fraction of sp³-hybridized carbons (Fsp3) is 0.625. The first kappa shape index (κ1) is 17.4. The van der Waals surface area contributed by atoms with E-state index in [0.717, 1.165) is 17.9 Å². The van der Waals surface area contributed by atoms with Crippen molar-refractivity contribution < 1.29 is 9.53 Å². The molecule has 1 aromatic heterocycles. The van der Waals surface area contributed by atoms with E-state index < -0.39 is 0 Å². The van der Waals surface area contributed by atoms with Gasteiger partial charge in [-0.15, -0.1) is 0 Å². The molecule has 5 nitrogen and oxygen atoms in total. The van der Waals surface area contributed by atoms with Gasteiger partial charge < -0.3 is 15.0 Å². The average Bonchev–Trinajstić information content (AvgIpc) is 2.43. The third-order valence-electron chi connectivity index (χ3n) is 3.08. The van der Waals surface area contributed by atoms with Crippen molar-refractivity contribution in [1.82, 2.24) is 9.88 Å². The Hall–Kier alpha value is -1.62. The minimum Gasteiger partial charge on any atom is -0.385 e. The molecule has 0 aromatic carbocycles. The van der Waals surface area contributed by atoms with Crippen LogP contribution in [0.5, 0.6) is 0 Å². The second kappa shape index (κ2) is 8.62. The fourth-order valence-electron chi connectivity index (χ4n) is 2.16. The van der Waals surface area contributed by atoms with Crippen LogP contribution < -0.4 is 5.32 Å². The van der Waals surface area contributed by atoms with Gasteiger partial charge >= 0.3 is 0 Å². The summed E-state index contributed by atoms with van der Waals surface area (Å²) in [7, 11) is 1.65. The molecule has 1 heterocycles. The summed E-state index contributed by atoms with van der Waals surface area (Å²) in [5.74, 6) is 0.413. The second-order valence-electron chi connectivity index (χ2n) is 5.54. The van der Waals surface area contributed by atoms with Crippen LogP contribution in [0.3, 0.4) is 0 Å². The maximum absolute atomic E-state index is 12.8. The van der Waals surface area contributed by atoms with E-state index in [2.05, 4.69) is 24.1 Å². The maximum atomic E-state index is 12.8. The van der Waals surface area contributed by atoms with Crippen LogP contribution in [0, 0.1) is 12.8 Å². The maximum Gasteiger partial charge on any atom is 0.257 e. The number of anilines is 1. The number of aromatic nitrogens is 1. The normalized spacial score (nSPS) is 10.8. The molecular weight excluding hydrogens is 266 g/mol. The minimum absolute atomic E-state index is 0.00389. The Labute approximate surface area is 127 Å². The zero-order valence-corrected chi connectivity index (χ0v) is 13.8. The van der Waals surface area contributed by atoms with Gasteiger partial charge in [-0.1, -0.05) is 13.8 Å². The van der Waals surface area contributed by atoms with Gasteiger partial charge in [0.15, 0.2) is 0 Å². The number of pyridine rings is 1. The summed E-state index contributed by atoms with van der Waals surface area (Å²) in [6, 6.07) is 1.92. The first-order valence-corrected chi connectivity index (χ1v) is 7.48. The van der Waals surface area contributed by atoms with Crippen LogP contribution in [0.1, 0.15) is 36.8 Å². The largest absolute Gasteiger partial charge is 0.385 e. The number of hydrogen-bond acceptors (Lipinski definition) is 4. The quantitative estimate of drug-likeness (QED) is 0.800. The Morgan fingerprint density at radius 1 is 1.48 bits per heavy atom. The molecule has 5 heteroatoms. The van der Waals surface area contributed by atoms with Crippen LogP contribution >= 0.6 is 0 Å². The first-order chi connectivity index (χ1) is 9.99. The summed E-state index contributed by atoms with van der Waals surface area (Å²) in [6.07, 6.45) is 1.66. The lowest BCUT2D eigenvalue weighted by atomic mass is 10.1. The molecule has 0 aliphatic heterocycles. The van der Waals surface area contributed by atoms with E-state index in [-0.39, 0.29) is 5.91 Å². The van der Waals surface area contributed by atoms with Gasteiger partial charge in [-0.05, 0) is 25.8 Å². The molecule has 0 spiro atoms. The van der Waals surface area contributed by atoms with Crippen LogP contribution in [-0.2, 0) is 4.74 Å². The highest BCUT2D eigenvalue weighted by atomic mass is 16.5. The van der Waals surface area contributed by atoms with Gasteiger partial charge in [-0.2, -0.15) is 0 Å². The van der Waals surface area contributed by atoms with Gasteiger partial charge in [-0.3, -0.25) is 9.78 Å². The highest BCUT2D eigenvalue weighted by Crippen LogP contribution is 2.18. The lowest BCUT2D eigenvalue weighted by Gasteiger charge is -2.25. The van der Waals surface area contributed by atoms with E-state index >= 15 is 0 Å². The fourth-order valence-corrected chi connectivity index (χ4v) is 2.16. The topological polar surface area (TPSA) is 54.5 Å². The van der Waals surface area contributed by atoms with Crippen LogP contribution in [0.4, 0.5) is 5.69 Å². The second-order valence-corrected chi connectivity index (χ2v) is 5.54. The number of nitrogens with zero attached hydrogens (tertiary/aromatic N) is 2. The van der Waals surface area contributed by atoms with Crippen LogP contribution in [-0.4, -0.2) is 49.1 Å². The molecule has 0 aliphatic carbocycles. The summed E-state index contributed by atoms with van der Waals surface area (Å²) in [4.78, 5) is 18.9. The number of aryl methyl sites for hydroxylation is 1. The summed E-state index contributed by atoms with van der Waals surface area (Å²) in [5, 5.41) is 3.24. The SMILES string of the molecule is CCNc1cc(C)ncc1C(=O)N(CCOC)CC(C)C. The molecule has 1 amide bonds. The zero-order chi connectivity index (χ0) is 15.8. The third kappa shape index (κ3) is 5.34. The first-order valence-electron chi connectivity index (χ1n) is 7.48. The lowest BCUT2D eigenvalue weighted by Crippen LogP contribution is -2.37. The van der Waals surface area contributed by atoms with Crippen LogP contribution in [0.15, 0.2) is 12.3 Å². The number of methoxy groups -OCH3 is 1. The summed E-state index contributed by atoms with van der Waals surface area (Å²) in [5.41, 5.74) is 2.37. The van der Waals surface area contributed by atoms with Crippen molar-refractivity contribution in [3.05, 3.63) is 23.5 Å². The average molecular weight is 293 g/mol. The number of hydrogen-bond donors (Lipinski definition) is 1. The van der Waals surface area contributed by atoms with Crippen LogP contribution in [0.25, 0.3) is 0 Å². The summed E-state index contributed by atoms with van der Waals surface area (Å²) >= 11 is 0. The highest BCUT2D eigenvalue weighted by Gasteiger charge is 2.20. The van der Waals surface area contributed by atoms with Crippen molar-refractivity contribution in [3.63, 3.8) is 0 Å². The molecule has 0 saturated carbocycles. The van der Waals surface area contributed by atoms with Gasteiger partial charge in [0.1, 0.15) is 0 Å². The van der Waals surface area contributed by atoms with Gasteiger partial charge in [0.05, 0.1) is 17.9 Å². The smallest absolute Gasteiger partial charge is 0.257 e. The predicted molar refractivity (Wildman–Crippen MR) is 85.8 cm³/mol. The molecule has 118 valence electrons. The van der Waals surface area contributed by atoms with Crippen molar-refractivity contribution in [2.24, 2.45) is 5.92 Å². The zero-order valence-electron chi connectivity index (χ0n) is 13.8. The molecule has 0 atom stereocenters. The number of carbonyl (C=O) groups is 1. The van der Waals surface area contributed by atoms with E-state index in [1.165, 1.54) is 0 Å². The number of carbonyl (C=O) groups excluding carboxylic acids is 1. The third-order valence-corrected chi connectivity index (χ3v) is 3.08. The predicted octanol–water partition coefficient (Wildman–Crippen LogP) is 2.57. The van der Waals surface area contributed by atoms with E-state index in [1.54, 1.807) is 13.3 Å². The molecule has 1 N–H and O–H groups in total. The molecule has 21 heavy (non-hydrogen) atoms. The van der Waals surface area contributed by atoms with E-state index in [1.807, 2.05) is 24.8 Å². The summed E-state index contributed by atoms with van der Waals surface area (Å²) < 4.78 is 5.11. The number of ether oxygens (including phenoxy) is 1. The highest BCUT2D eigenvalue weighted by molar-refractivity contribution is 5.99. The van der Waals surface area contributed by atoms with E-state index in [0.29, 0.717) is 31.2 Å². The van der Waals surface area contributed by atoms with Crippen molar-refractivity contribution in [2.75, 3.05) is 38.7 Å². The van der Waals surface area contributed by atoms with Crippen LogP contribution in [0.2, 0.25) is 0 Å². The van der Waals surface area contributed by atoms with Gasteiger partial charge in [-0.25, -0.2) is 0 Å². The number of nitrogens with one attached hydrogen (secondary N) is 1. The molecule has 1 aromatic rings. The molecule has 0 unspecified atom stereocenters. The van der Waals surface area contributed by atoms with Gasteiger partial charge in [0, 0.05) is 38.6 Å². The molecule has 0 aliphatic rings. The molecule has 0 saturated heterocycles. The Balaban J connectivity index is 3.01. The number of rotatable bonds is 8. The minimum atomic E-state index is 0.00389. The Bertz CT molecular complexity index is 461. The molecule has 0 fully saturated rings. The molecule has 1 rings (SSSR count). The lowest BCUT2D eigenvalue weighted by molar-refractivity contribution is 0.0673. The molecule has 0 radical (unpaired) electrons. The van der Waals surface area contributed by atoms with Crippen molar-refractivity contribution in [2.45, 2.75) is 27.7 Å². The van der Waals surface area contributed by atoms with Gasteiger partial charge in [0.25, 0.3) is 5.91 Å². The summed E-state index contributed by atoms with van der Waals surface area (Å²) in [6.45, 7) is 10.7.